The smallest absolute Gasteiger partial charge is 0.410 e. The highest BCUT2D eigenvalue weighted by atomic mass is 16.7. The zero-order valence-corrected chi connectivity index (χ0v) is 22.3. The van der Waals surface area contributed by atoms with Crippen LogP contribution in [0.2, 0.25) is 0 Å². The lowest BCUT2D eigenvalue weighted by molar-refractivity contribution is -0.197. The highest BCUT2D eigenvalue weighted by molar-refractivity contribution is 6.02. The van der Waals surface area contributed by atoms with Gasteiger partial charge in [-0.2, -0.15) is 0 Å². The van der Waals surface area contributed by atoms with E-state index in [9.17, 15) is 33.6 Å². The summed E-state index contributed by atoms with van der Waals surface area (Å²) in [6.07, 6.45) is 3.09. The van der Waals surface area contributed by atoms with E-state index in [-0.39, 0.29) is 38.5 Å². The molecule has 38 heavy (non-hydrogen) atoms. The second-order valence-electron chi connectivity index (χ2n) is 10.2. The van der Waals surface area contributed by atoms with Crippen molar-refractivity contribution < 1.29 is 48.0 Å². The normalized spacial score (nSPS) is 15.8. The van der Waals surface area contributed by atoms with Gasteiger partial charge in [0.25, 0.3) is 23.6 Å². The molecule has 0 aromatic heterocycles. The number of nitrogens with zero attached hydrogens (tertiary/aromatic N) is 3. The molecule has 0 N–H and O–H groups in total. The summed E-state index contributed by atoms with van der Waals surface area (Å²) < 4.78 is 5.48. The van der Waals surface area contributed by atoms with Gasteiger partial charge in [0, 0.05) is 51.6 Å². The summed E-state index contributed by atoms with van der Waals surface area (Å²) in [5.41, 5.74) is -0.669. The van der Waals surface area contributed by atoms with E-state index in [0.29, 0.717) is 61.7 Å². The number of hydrogen-bond acceptors (Lipinski definition) is 10. The lowest BCUT2D eigenvalue weighted by atomic mass is 10.1. The predicted octanol–water partition coefficient (Wildman–Crippen LogP) is 2.56. The monoisotopic (exact) mass is 539 g/mol. The quantitative estimate of drug-likeness (QED) is 0.237. The molecule has 212 valence electrons. The molecule has 13 nitrogen and oxygen atoms in total. The average molecular weight is 540 g/mol. The molecule has 2 heterocycles. The number of carbonyl (C=O) groups excluding carboxylic acids is 7. The Balaban J connectivity index is 1.68. The fraction of sp³-hybridized carbons (Fsp3) is 0.720. The van der Waals surface area contributed by atoms with Crippen LogP contribution in [-0.4, -0.2) is 75.4 Å². The summed E-state index contributed by atoms with van der Waals surface area (Å²) in [5, 5.41) is 1.05. The lowest BCUT2D eigenvalue weighted by Gasteiger charge is -2.27. The van der Waals surface area contributed by atoms with Gasteiger partial charge in [-0.3, -0.25) is 19.2 Å². The first kappa shape index (κ1) is 30.7. The maximum Gasteiger partial charge on any atom is 0.410 e. The molecular formula is C25H37N3O10. The van der Waals surface area contributed by atoms with E-state index >= 15 is 0 Å². The van der Waals surface area contributed by atoms with Crippen molar-refractivity contribution in [3.63, 3.8) is 0 Å². The summed E-state index contributed by atoms with van der Waals surface area (Å²) in [6.45, 7) is 6.10. The van der Waals surface area contributed by atoms with Crippen molar-refractivity contribution >= 4 is 41.7 Å². The van der Waals surface area contributed by atoms with Crippen molar-refractivity contribution in [3.05, 3.63) is 0 Å². The Hall–Kier alpha value is -3.51. The Kier molecular flexibility index (Phi) is 11.7. The van der Waals surface area contributed by atoms with Crippen molar-refractivity contribution in [1.29, 1.82) is 0 Å². The molecule has 0 aromatic rings. The highest BCUT2D eigenvalue weighted by Gasteiger charge is 2.33. The SMILES string of the molecule is CC(C)(C)OC(=O)N(CCCCCC(=O)ON1C(=O)CCC1=O)CCCCCC(=O)ON1C(=O)CCC1=O. The van der Waals surface area contributed by atoms with Gasteiger partial charge in [-0.1, -0.05) is 12.8 Å². The van der Waals surface area contributed by atoms with Gasteiger partial charge in [-0.15, -0.1) is 10.1 Å². The Bertz CT molecular complexity index is 835. The Morgan fingerprint density at radius 2 is 1.03 bits per heavy atom. The van der Waals surface area contributed by atoms with E-state index in [1.807, 2.05) is 0 Å². The second-order valence-corrected chi connectivity index (χ2v) is 10.2. The molecule has 0 unspecified atom stereocenters. The molecule has 2 rings (SSSR count). The van der Waals surface area contributed by atoms with Crippen LogP contribution >= 0.6 is 0 Å². The van der Waals surface area contributed by atoms with Crippen molar-refractivity contribution in [2.24, 2.45) is 0 Å². The fourth-order valence-corrected chi connectivity index (χ4v) is 3.73. The third-order valence-corrected chi connectivity index (χ3v) is 5.67. The molecule has 0 aliphatic carbocycles. The summed E-state index contributed by atoms with van der Waals surface area (Å²) in [5.74, 6) is -3.41. The van der Waals surface area contributed by atoms with Gasteiger partial charge in [0.15, 0.2) is 0 Å². The molecule has 5 amide bonds. The number of rotatable bonds is 14. The zero-order chi connectivity index (χ0) is 28.3. The maximum absolute atomic E-state index is 12.6. The van der Waals surface area contributed by atoms with Crippen LogP contribution < -0.4 is 0 Å². The Labute approximate surface area is 221 Å². The summed E-state index contributed by atoms with van der Waals surface area (Å²) in [7, 11) is 0. The minimum Gasteiger partial charge on any atom is -0.444 e. The lowest BCUT2D eigenvalue weighted by Crippen LogP contribution is -2.38. The standard InChI is InChI=1S/C25H37N3O10/c1-25(2,3)36-24(35)26(16-8-4-6-10-22(33)37-27-18(29)12-13-19(27)30)17-9-5-7-11-23(34)38-28-20(31)14-15-21(28)32/h4-17H2,1-3H3. The molecule has 13 heteroatoms. The van der Waals surface area contributed by atoms with E-state index < -0.39 is 47.3 Å². The van der Waals surface area contributed by atoms with E-state index in [1.54, 1.807) is 25.7 Å². The van der Waals surface area contributed by atoms with Gasteiger partial charge < -0.3 is 19.3 Å². The van der Waals surface area contributed by atoms with Gasteiger partial charge in [0.05, 0.1) is 0 Å². The molecule has 0 aromatic carbocycles. The van der Waals surface area contributed by atoms with Gasteiger partial charge >= 0.3 is 18.0 Å². The van der Waals surface area contributed by atoms with Crippen LogP contribution in [0.25, 0.3) is 0 Å². The van der Waals surface area contributed by atoms with Gasteiger partial charge in [-0.25, -0.2) is 14.4 Å². The van der Waals surface area contributed by atoms with Crippen LogP contribution in [0, 0.1) is 0 Å². The molecule has 0 spiro atoms. The van der Waals surface area contributed by atoms with E-state index in [4.69, 9.17) is 14.4 Å². The van der Waals surface area contributed by atoms with Crippen LogP contribution in [0.1, 0.15) is 97.8 Å². The largest absolute Gasteiger partial charge is 0.444 e. The number of imide groups is 2. The number of carbonyl (C=O) groups is 7. The molecule has 2 aliphatic rings. The first-order valence-corrected chi connectivity index (χ1v) is 13.0. The van der Waals surface area contributed by atoms with Crippen molar-refractivity contribution in [3.8, 4) is 0 Å². The van der Waals surface area contributed by atoms with E-state index in [1.165, 1.54) is 0 Å². The molecule has 0 atom stereocenters. The molecule has 0 bridgehead atoms. The third kappa shape index (κ3) is 10.5. The first-order chi connectivity index (χ1) is 17.9. The minimum absolute atomic E-state index is 0.0359. The van der Waals surface area contributed by atoms with Gasteiger partial charge in [-0.05, 0) is 46.5 Å². The number of ether oxygens (including phenoxy) is 1. The third-order valence-electron chi connectivity index (χ3n) is 5.67. The summed E-state index contributed by atoms with van der Waals surface area (Å²) in [6, 6.07) is 0. The summed E-state index contributed by atoms with van der Waals surface area (Å²) in [4.78, 5) is 93.8. The average Bonchev–Trinajstić information content (AvgIpc) is 3.31. The molecule has 0 radical (unpaired) electrons. The van der Waals surface area contributed by atoms with Gasteiger partial charge in [0.2, 0.25) is 0 Å². The summed E-state index contributed by atoms with van der Waals surface area (Å²) >= 11 is 0. The Morgan fingerprint density at radius 3 is 1.37 bits per heavy atom. The van der Waals surface area contributed by atoms with Crippen LogP contribution in [0.3, 0.4) is 0 Å². The number of amides is 5. The van der Waals surface area contributed by atoms with Crippen molar-refractivity contribution in [2.45, 2.75) is 103 Å². The zero-order valence-electron chi connectivity index (χ0n) is 22.3. The first-order valence-electron chi connectivity index (χ1n) is 13.0. The van der Waals surface area contributed by atoms with E-state index in [2.05, 4.69) is 0 Å². The minimum atomic E-state index is -0.669. The van der Waals surface area contributed by atoms with Crippen LogP contribution in [-0.2, 0) is 43.2 Å². The highest BCUT2D eigenvalue weighted by Crippen LogP contribution is 2.16. The fourth-order valence-electron chi connectivity index (χ4n) is 3.73. The van der Waals surface area contributed by atoms with Crippen LogP contribution in [0.4, 0.5) is 4.79 Å². The van der Waals surface area contributed by atoms with Crippen LogP contribution in [0.5, 0.6) is 0 Å². The molecule has 2 saturated heterocycles. The van der Waals surface area contributed by atoms with Crippen molar-refractivity contribution in [1.82, 2.24) is 15.0 Å². The number of hydrogen-bond donors (Lipinski definition) is 0. The van der Waals surface area contributed by atoms with Crippen molar-refractivity contribution in [2.75, 3.05) is 13.1 Å². The van der Waals surface area contributed by atoms with Gasteiger partial charge in [0.1, 0.15) is 5.60 Å². The molecular weight excluding hydrogens is 502 g/mol. The van der Waals surface area contributed by atoms with E-state index in [0.717, 1.165) is 0 Å². The second kappa shape index (κ2) is 14.4. The number of hydroxylamine groups is 4. The Morgan fingerprint density at radius 1 is 0.658 bits per heavy atom. The maximum atomic E-state index is 12.6. The number of unbranched alkanes of at least 4 members (excludes halogenated alkanes) is 4. The predicted molar refractivity (Wildman–Crippen MR) is 129 cm³/mol. The topological polar surface area (TPSA) is 157 Å². The van der Waals surface area contributed by atoms with Crippen LogP contribution in [0.15, 0.2) is 0 Å². The molecule has 2 aliphatic heterocycles. The molecule has 2 fully saturated rings. The molecule has 0 saturated carbocycles.